The quantitative estimate of drug-likeness (QED) is 0.528. The van der Waals surface area contributed by atoms with Crippen LogP contribution in [0.15, 0.2) is 48.5 Å². The van der Waals surface area contributed by atoms with Gasteiger partial charge in [-0.15, -0.1) is 0 Å². The minimum Gasteiger partial charge on any atom is -0.494 e. The van der Waals surface area contributed by atoms with E-state index in [1.165, 1.54) is 0 Å². The highest BCUT2D eigenvalue weighted by atomic mass is 35.5. The molecule has 0 aliphatic carbocycles. The van der Waals surface area contributed by atoms with Gasteiger partial charge in [-0.2, -0.15) is 5.10 Å². The number of rotatable bonds is 5. The Morgan fingerprint density at radius 2 is 1.79 bits per heavy atom. The molecule has 0 radical (unpaired) electrons. The fourth-order valence-electron chi connectivity index (χ4n) is 2.73. The molecule has 1 N–H and O–H groups in total. The minimum atomic E-state index is -0.257. The fourth-order valence-corrected chi connectivity index (χ4v) is 3.09. The second kappa shape index (κ2) is 8.47. The highest BCUT2D eigenvalue weighted by Gasteiger charge is 2.22. The van der Waals surface area contributed by atoms with Crippen molar-refractivity contribution in [3.8, 4) is 11.4 Å². The van der Waals surface area contributed by atoms with Crippen LogP contribution in [0.4, 0.5) is 5.82 Å². The van der Waals surface area contributed by atoms with Crippen LogP contribution in [-0.2, 0) is 5.41 Å². The smallest absolute Gasteiger partial charge is 0.256 e. The summed E-state index contributed by atoms with van der Waals surface area (Å²) in [7, 11) is 0. The number of carbonyl (C=O) groups excluding carboxylic acids is 1. The van der Waals surface area contributed by atoms with E-state index in [1.807, 2.05) is 13.0 Å². The van der Waals surface area contributed by atoms with Crippen LogP contribution in [0.5, 0.6) is 5.75 Å². The molecule has 1 heterocycles. The van der Waals surface area contributed by atoms with Gasteiger partial charge in [0.25, 0.3) is 5.91 Å². The molecule has 2 aromatic carbocycles. The molecule has 5 nitrogen and oxygen atoms in total. The Labute approximate surface area is 180 Å². The van der Waals surface area contributed by atoms with E-state index in [4.69, 9.17) is 27.9 Å². The van der Waals surface area contributed by atoms with Crippen LogP contribution in [0, 0.1) is 0 Å². The maximum absolute atomic E-state index is 12.8. The van der Waals surface area contributed by atoms with E-state index < -0.39 is 0 Å². The Kier molecular flexibility index (Phi) is 6.20. The molecule has 0 spiro atoms. The first-order chi connectivity index (χ1) is 13.7. The maximum atomic E-state index is 12.8. The first kappa shape index (κ1) is 21.2. The Hall–Kier alpha value is -2.50. The van der Waals surface area contributed by atoms with E-state index in [0.717, 1.165) is 11.4 Å². The molecule has 0 saturated heterocycles. The zero-order chi connectivity index (χ0) is 21.2. The molecule has 0 aliphatic heterocycles. The monoisotopic (exact) mass is 431 g/mol. The highest BCUT2D eigenvalue weighted by Crippen LogP contribution is 2.31. The van der Waals surface area contributed by atoms with E-state index in [9.17, 15) is 4.79 Å². The molecule has 1 aromatic heterocycles. The number of hydrogen-bond donors (Lipinski definition) is 1. The average molecular weight is 432 g/mol. The maximum Gasteiger partial charge on any atom is 0.256 e. The summed E-state index contributed by atoms with van der Waals surface area (Å²) in [6.07, 6.45) is 0. The number of benzene rings is 2. The van der Waals surface area contributed by atoms with Crippen molar-refractivity contribution in [2.24, 2.45) is 0 Å². The number of hydrogen-bond acceptors (Lipinski definition) is 3. The normalized spacial score (nSPS) is 11.4. The van der Waals surface area contributed by atoms with Gasteiger partial charge in [0.2, 0.25) is 0 Å². The Morgan fingerprint density at radius 3 is 2.41 bits per heavy atom. The van der Waals surface area contributed by atoms with Crippen molar-refractivity contribution in [1.29, 1.82) is 0 Å². The van der Waals surface area contributed by atoms with E-state index >= 15 is 0 Å². The topological polar surface area (TPSA) is 56.1 Å². The van der Waals surface area contributed by atoms with Gasteiger partial charge in [0, 0.05) is 22.1 Å². The second-order valence-electron chi connectivity index (χ2n) is 7.58. The molecule has 1 amide bonds. The molecule has 3 aromatic rings. The van der Waals surface area contributed by atoms with E-state index in [-0.39, 0.29) is 11.3 Å². The lowest BCUT2D eigenvalue weighted by Gasteiger charge is -2.14. The molecule has 0 aliphatic rings. The van der Waals surface area contributed by atoms with Crippen molar-refractivity contribution < 1.29 is 9.53 Å². The zero-order valence-electron chi connectivity index (χ0n) is 16.8. The summed E-state index contributed by atoms with van der Waals surface area (Å²) in [5.41, 5.74) is 1.71. The van der Waals surface area contributed by atoms with Gasteiger partial charge in [0.15, 0.2) is 0 Å². The molecular formula is C22H23Cl2N3O2. The Morgan fingerprint density at radius 1 is 1.10 bits per heavy atom. The molecule has 152 valence electrons. The van der Waals surface area contributed by atoms with Crippen LogP contribution < -0.4 is 10.1 Å². The summed E-state index contributed by atoms with van der Waals surface area (Å²) < 4.78 is 7.04. The molecule has 0 bridgehead atoms. The number of anilines is 1. The number of nitrogens with zero attached hydrogens (tertiary/aromatic N) is 2. The van der Waals surface area contributed by atoms with E-state index in [2.05, 4.69) is 31.2 Å². The molecule has 0 saturated carbocycles. The van der Waals surface area contributed by atoms with Gasteiger partial charge in [-0.3, -0.25) is 4.79 Å². The lowest BCUT2D eigenvalue weighted by Crippen LogP contribution is -2.15. The number of aromatic nitrogens is 2. The van der Waals surface area contributed by atoms with Crippen molar-refractivity contribution in [2.75, 3.05) is 11.9 Å². The van der Waals surface area contributed by atoms with Crippen LogP contribution in [-0.4, -0.2) is 22.3 Å². The summed E-state index contributed by atoms with van der Waals surface area (Å²) in [5, 5.41) is 8.62. The summed E-state index contributed by atoms with van der Waals surface area (Å²) in [4.78, 5) is 12.8. The Balaban J connectivity index is 1.98. The van der Waals surface area contributed by atoms with Crippen molar-refractivity contribution in [1.82, 2.24) is 9.78 Å². The first-order valence-corrected chi connectivity index (χ1v) is 10.0. The summed E-state index contributed by atoms with van der Waals surface area (Å²) >= 11 is 12.5. The third kappa shape index (κ3) is 4.92. The third-order valence-electron chi connectivity index (χ3n) is 4.28. The molecule has 29 heavy (non-hydrogen) atoms. The summed E-state index contributed by atoms with van der Waals surface area (Å²) in [6.45, 7) is 8.64. The molecule has 0 unspecified atom stereocenters. The number of nitrogens with one attached hydrogen (secondary N) is 1. The zero-order valence-corrected chi connectivity index (χ0v) is 18.3. The van der Waals surface area contributed by atoms with Gasteiger partial charge in [-0.05, 0) is 49.4 Å². The minimum absolute atomic E-state index is 0.213. The standard InChI is InChI=1S/C22H23Cl2N3O2/c1-5-29-16-9-6-14(7-10-16)21(28)25-20-13-19(22(2,3)4)26-27(20)18-12-15(23)8-11-17(18)24/h6-13H,5H2,1-4H3,(H,25,28). The average Bonchev–Trinajstić information content (AvgIpc) is 3.08. The highest BCUT2D eigenvalue weighted by molar-refractivity contribution is 6.34. The van der Waals surface area contributed by atoms with Crippen LogP contribution in [0.25, 0.3) is 5.69 Å². The molecule has 0 fully saturated rings. The summed E-state index contributed by atoms with van der Waals surface area (Å²) in [5.74, 6) is 0.973. The SMILES string of the molecule is CCOc1ccc(C(=O)Nc2cc(C(C)(C)C)nn2-c2cc(Cl)ccc2Cl)cc1. The van der Waals surface area contributed by atoms with Crippen molar-refractivity contribution >= 4 is 34.9 Å². The van der Waals surface area contributed by atoms with E-state index in [0.29, 0.717) is 33.7 Å². The number of amides is 1. The van der Waals surface area contributed by atoms with Gasteiger partial charge in [0.1, 0.15) is 11.6 Å². The fraction of sp³-hybridized carbons (Fsp3) is 0.273. The predicted molar refractivity (Wildman–Crippen MR) is 118 cm³/mol. The molecular weight excluding hydrogens is 409 g/mol. The first-order valence-electron chi connectivity index (χ1n) is 9.29. The van der Waals surface area contributed by atoms with Crippen LogP contribution in [0.1, 0.15) is 43.7 Å². The van der Waals surface area contributed by atoms with Crippen molar-refractivity contribution in [3.63, 3.8) is 0 Å². The lowest BCUT2D eigenvalue weighted by molar-refractivity contribution is 0.102. The van der Waals surface area contributed by atoms with Crippen LogP contribution >= 0.6 is 23.2 Å². The second-order valence-corrected chi connectivity index (χ2v) is 8.43. The van der Waals surface area contributed by atoms with Crippen LogP contribution in [0.2, 0.25) is 10.0 Å². The Bertz CT molecular complexity index is 1020. The summed E-state index contributed by atoms with van der Waals surface area (Å²) in [6, 6.07) is 14.0. The largest absolute Gasteiger partial charge is 0.494 e. The third-order valence-corrected chi connectivity index (χ3v) is 4.84. The lowest BCUT2D eigenvalue weighted by atomic mass is 9.92. The van der Waals surface area contributed by atoms with Gasteiger partial charge in [0.05, 0.1) is 23.0 Å². The predicted octanol–water partition coefficient (Wildman–Crippen LogP) is 6.13. The number of ether oxygens (including phenoxy) is 1. The number of carbonyl (C=O) groups is 1. The molecule has 0 atom stereocenters. The van der Waals surface area contributed by atoms with Gasteiger partial charge < -0.3 is 10.1 Å². The van der Waals surface area contributed by atoms with Crippen molar-refractivity contribution in [3.05, 3.63) is 69.8 Å². The number of halogens is 2. The molecule has 3 rings (SSSR count). The van der Waals surface area contributed by atoms with Crippen molar-refractivity contribution in [2.45, 2.75) is 33.1 Å². The van der Waals surface area contributed by atoms with Gasteiger partial charge in [-0.1, -0.05) is 44.0 Å². The van der Waals surface area contributed by atoms with E-state index in [1.54, 1.807) is 47.1 Å². The molecule has 7 heteroatoms. The van der Waals surface area contributed by atoms with Gasteiger partial charge >= 0.3 is 0 Å². The van der Waals surface area contributed by atoms with Gasteiger partial charge in [-0.25, -0.2) is 4.68 Å². The van der Waals surface area contributed by atoms with Crippen LogP contribution in [0.3, 0.4) is 0 Å².